The predicted molar refractivity (Wildman–Crippen MR) is 104 cm³/mol. The molecule has 0 amide bonds. The maximum absolute atomic E-state index is 12.4. The zero-order valence-electron chi connectivity index (χ0n) is 14.6. The second-order valence-electron chi connectivity index (χ2n) is 5.62. The molecule has 1 N–H and O–H groups in total. The predicted octanol–water partition coefficient (Wildman–Crippen LogP) is 4.07. The van der Waals surface area contributed by atoms with E-state index in [4.69, 9.17) is 13.9 Å². The third kappa shape index (κ3) is 3.47. The molecule has 0 unspecified atom stereocenters. The van der Waals surface area contributed by atoms with Gasteiger partial charge in [0, 0.05) is 23.2 Å². The van der Waals surface area contributed by atoms with Crippen LogP contribution in [-0.2, 0) is 0 Å². The molecule has 136 valence electrons. The zero-order valence-corrected chi connectivity index (χ0v) is 15.4. The lowest BCUT2D eigenvalue weighted by Gasteiger charge is -2.04. The van der Waals surface area contributed by atoms with E-state index in [0.717, 1.165) is 16.8 Å². The van der Waals surface area contributed by atoms with E-state index in [1.165, 1.54) is 11.3 Å². The number of rotatable bonds is 5. The molecule has 4 aromatic rings. The lowest BCUT2D eigenvalue weighted by molar-refractivity contribution is 0.414. The van der Waals surface area contributed by atoms with Crippen LogP contribution >= 0.6 is 11.3 Å². The number of methoxy groups -OCH3 is 2. The van der Waals surface area contributed by atoms with E-state index in [1.807, 2.05) is 36.4 Å². The van der Waals surface area contributed by atoms with E-state index in [1.54, 1.807) is 26.4 Å². The molecule has 0 saturated carbocycles. The summed E-state index contributed by atoms with van der Waals surface area (Å²) in [6.07, 6.45) is 0. The third-order valence-electron chi connectivity index (χ3n) is 3.92. The zero-order chi connectivity index (χ0) is 18.8. The van der Waals surface area contributed by atoms with Crippen LogP contribution in [0.2, 0.25) is 0 Å². The smallest absolute Gasteiger partial charge is 0.346 e. The minimum Gasteiger partial charge on any atom is -0.497 e. The monoisotopic (exact) mass is 381 g/mol. The number of aromatic nitrogens is 2. The fraction of sp³-hybridized carbons (Fsp3) is 0.105. The highest BCUT2D eigenvalue weighted by molar-refractivity contribution is 7.18. The lowest BCUT2D eigenvalue weighted by atomic mass is 10.2. The molecule has 8 heteroatoms. The average molecular weight is 381 g/mol. The molecule has 0 aliphatic carbocycles. The SMILES string of the molecule is COc1cccc(Nc2nnc(-c3cc4ccc(OC)cc4oc3=O)s2)c1. The van der Waals surface area contributed by atoms with Crippen molar-refractivity contribution in [1.29, 1.82) is 0 Å². The van der Waals surface area contributed by atoms with Gasteiger partial charge in [0.25, 0.3) is 0 Å². The largest absolute Gasteiger partial charge is 0.497 e. The van der Waals surface area contributed by atoms with Crippen molar-refractivity contribution in [3.63, 3.8) is 0 Å². The first kappa shape index (κ1) is 17.0. The van der Waals surface area contributed by atoms with Gasteiger partial charge in [-0.3, -0.25) is 0 Å². The molecule has 0 radical (unpaired) electrons. The summed E-state index contributed by atoms with van der Waals surface area (Å²) in [7, 11) is 3.17. The maximum atomic E-state index is 12.4. The normalized spacial score (nSPS) is 10.7. The Morgan fingerprint density at radius 2 is 1.81 bits per heavy atom. The lowest BCUT2D eigenvalue weighted by Crippen LogP contribution is -2.02. The second kappa shape index (κ2) is 7.08. The Labute approximate surface area is 158 Å². The number of ether oxygens (including phenoxy) is 2. The van der Waals surface area contributed by atoms with Crippen LogP contribution in [0, 0.1) is 0 Å². The van der Waals surface area contributed by atoms with E-state index in [2.05, 4.69) is 15.5 Å². The van der Waals surface area contributed by atoms with Crippen LogP contribution < -0.4 is 20.4 Å². The number of hydrogen-bond donors (Lipinski definition) is 1. The summed E-state index contributed by atoms with van der Waals surface area (Å²) in [6, 6.07) is 14.5. The quantitative estimate of drug-likeness (QED) is 0.521. The summed E-state index contributed by atoms with van der Waals surface area (Å²) in [5.74, 6) is 1.36. The minimum absolute atomic E-state index is 0.365. The van der Waals surface area contributed by atoms with E-state index < -0.39 is 5.63 Å². The molecule has 4 rings (SSSR count). The third-order valence-corrected chi connectivity index (χ3v) is 4.79. The molecular formula is C19H15N3O4S. The van der Waals surface area contributed by atoms with Crippen molar-refractivity contribution >= 4 is 33.1 Å². The van der Waals surface area contributed by atoms with Crippen molar-refractivity contribution in [2.24, 2.45) is 0 Å². The van der Waals surface area contributed by atoms with Gasteiger partial charge in [-0.05, 0) is 30.3 Å². The van der Waals surface area contributed by atoms with Gasteiger partial charge in [-0.2, -0.15) is 0 Å². The number of benzene rings is 2. The molecule has 2 heterocycles. The van der Waals surface area contributed by atoms with Crippen LogP contribution in [0.5, 0.6) is 11.5 Å². The van der Waals surface area contributed by atoms with Crippen LogP contribution in [0.4, 0.5) is 10.8 Å². The highest BCUT2D eigenvalue weighted by atomic mass is 32.1. The van der Waals surface area contributed by atoms with Gasteiger partial charge in [0.1, 0.15) is 17.1 Å². The van der Waals surface area contributed by atoms with Crippen molar-refractivity contribution in [3.05, 3.63) is 59.0 Å². The van der Waals surface area contributed by atoms with Crippen molar-refractivity contribution in [1.82, 2.24) is 10.2 Å². The van der Waals surface area contributed by atoms with Gasteiger partial charge in [-0.1, -0.05) is 17.4 Å². The van der Waals surface area contributed by atoms with Crippen molar-refractivity contribution in [2.75, 3.05) is 19.5 Å². The average Bonchev–Trinajstić information content (AvgIpc) is 3.15. The number of anilines is 2. The van der Waals surface area contributed by atoms with Gasteiger partial charge in [-0.25, -0.2) is 4.79 Å². The molecule has 27 heavy (non-hydrogen) atoms. The molecule has 2 aromatic carbocycles. The van der Waals surface area contributed by atoms with E-state index in [0.29, 0.717) is 27.0 Å². The number of fused-ring (bicyclic) bond motifs is 1. The van der Waals surface area contributed by atoms with E-state index in [9.17, 15) is 4.79 Å². The highest BCUT2D eigenvalue weighted by Gasteiger charge is 2.14. The second-order valence-corrected chi connectivity index (χ2v) is 6.60. The van der Waals surface area contributed by atoms with Crippen molar-refractivity contribution in [3.8, 4) is 22.1 Å². The fourth-order valence-corrected chi connectivity index (χ4v) is 3.34. The molecule has 0 bridgehead atoms. The van der Waals surface area contributed by atoms with Gasteiger partial charge in [0.05, 0.1) is 19.8 Å². The first-order valence-corrected chi connectivity index (χ1v) is 8.85. The van der Waals surface area contributed by atoms with Crippen LogP contribution in [-0.4, -0.2) is 24.4 Å². The Kier molecular flexibility index (Phi) is 4.47. The molecular weight excluding hydrogens is 366 g/mol. The summed E-state index contributed by atoms with van der Waals surface area (Å²) in [4.78, 5) is 12.4. The van der Waals surface area contributed by atoms with Crippen LogP contribution in [0.15, 0.2) is 57.7 Å². The summed E-state index contributed by atoms with van der Waals surface area (Å²) >= 11 is 1.27. The molecule has 7 nitrogen and oxygen atoms in total. The van der Waals surface area contributed by atoms with Gasteiger partial charge >= 0.3 is 5.63 Å². The molecule has 0 aliphatic rings. The van der Waals surface area contributed by atoms with Crippen LogP contribution in [0.3, 0.4) is 0 Å². The number of hydrogen-bond acceptors (Lipinski definition) is 8. The topological polar surface area (TPSA) is 86.5 Å². The maximum Gasteiger partial charge on any atom is 0.346 e. The van der Waals surface area contributed by atoms with Crippen LogP contribution in [0.25, 0.3) is 21.5 Å². The Balaban J connectivity index is 1.66. The van der Waals surface area contributed by atoms with Crippen molar-refractivity contribution < 1.29 is 13.9 Å². The molecule has 0 fully saturated rings. The van der Waals surface area contributed by atoms with Crippen molar-refractivity contribution in [2.45, 2.75) is 0 Å². The summed E-state index contributed by atoms with van der Waals surface area (Å²) in [5.41, 5.74) is 1.17. The highest BCUT2D eigenvalue weighted by Crippen LogP contribution is 2.30. The molecule has 0 aliphatic heterocycles. The van der Waals surface area contributed by atoms with Gasteiger partial charge in [0.2, 0.25) is 5.13 Å². The van der Waals surface area contributed by atoms with Gasteiger partial charge in [0.15, 0.2) is 5.01 Å². The summed E-state index contributed by atoms with van der Waals surface area (Å²) in [6.45, 7) is 0. The van der Waals surface area contributed by atoms with Gasteiger partial charge in [-0.15, -0.1) is 10.2 Å². The molecule has 0 saturated heterocycles. The standard InChI is InChI=1S/C19H15N3O4S/c1-24-13-5-3-4-12(9-13)20-19-22-21-17(27-19)15-8-11-6-7-14(25-2)10-16(11)26-18(15)23/h3-10H,1-2H3,(H,20,22). The molecule has 2 aromatic heterocycles. The summed E-state index contributed by atoms with van der Waals surface area (Å²) < 4.78 is 15.8. The van der Waals surface area contributed by atoms with Crippen LogP contribution in [0.1, 0.15) is 0 Å². The Morgan fingerprint density at radius 3 is 2.63 bits per heavy atom. The Bertz CT molecular complexity index is 1170. The van der Waals surface area contributed by atoms with E-state index >= 15 is 0 Å². The van der Waals surface area contributed by atoms with Gasteiger partial charge < -0.3 is 19.2 Å². The summed E-state index contributed by atoms with van der Waals surface area (Å²) in [5, 5.41) is 13.2. The molecule has 0 atom stereocenters. The number of nitrogens with one attached hydrogen (secondary N) is 1. The molecule has 0 spiro atoms. The Hall–Kier alpha value is -3.39. The van der Waals surface area contributed by atoms with E-state index in [-0.39, 0.29) is 0 Å². The first-order valence-electron chi connectivity index (χ1n) is 8.03. The number of nitrogens with zero attached hydrogens (tertiary/aromatic N) is 2. The fourth-order valence-electron chi connectivity index (χ4n) is 2.57. The Morgan fingerprint density at radius 1 is 1.00 bits per heavy atom. The first-order chi connectivity index (χ1) is 13.2. The minimum atomic E-state index is -0.472.